The highest BCUT2D eigenvalue weighted by molar-refractivity contribution is 6.07. The number of nitrogens with one attached hydrogen (secondary N) is 1. The number of carbonyl (C=O) groups is 1. The molecular formula is C24H20FN3O3. The maximum atomic E-state index is 14.0. The molecule has 2 aliphatic heterocycles. The van der Waals surface area contributed by atoms with Crippen LogP contribution in [0.15, 0.2) is 71.7 Å². The summed E-state index contributed by atoms with van der Waals surface area (Å²) in [6.07, 6.45) is 0. The molecule has 5 rings (SSSR count). The fourth-order valence-corrected chi connectivity index (χ4v) is 3.66. The maximum Gasteiger partial charge on any atom is 0.258 e. The molecule has 0 atom stereocenters. The van der Waals surface area contributed by atoms with Crippen molar-refractivity contribution in [3.63, 3.8) is 0 Å². The largest absolute Gasteiger partial charge is 0.454 e. The van der Waals surface area contributed by atoms with Crippen molar-refractivity contribution in [2.75, 3.05) is 31.6 Å². The monoisotopic (exact) mass is 417 g/mol. The fraction of sp³-hybridized carbons (Fsp3) is 0.167. The molecule has 0 spiro atoms. The van der Waals surface area contributed by atoms with Crippen LogP contribution in [0, 0.1) is 5.82 Å². The van der Waals surface area contributed by atoms with E-state index >= 15 is 0 Å². The van der Waals surface area contributed by atoms with Crippen LogP contribution in [0.4, 0.5) is 15.8 Å². The van der Waals surface area contributed by atoms with Crippen LogP contribution >= 0.6 is 0 Å². The van der Waals surface area contributed by atoms with Crippen LogP contribution in [0.5, 0.6) is 11.5 Å². The highest BCUT2D eigenvalue weighted by Crippen LogP contribution is 2.39. The first kappa shape index (κ1) is 19.3. The highest BCUT2D eigenvalue weighted by atomic mass is 19.1. The van der Waals surface area contributed by atoms with E-state index in [0.717, 1.165) is 17.1 Å². The number of amidine groups is 1. The molecule has 0 saturated carbocycles. The summed E-state index contributed by atoms with van der Waals surface area (Å²) in [5.41, 5.74) is 2.01. The standard InChI is InChI=1S/C24H20FN3O3/c25-19-6-2-1-5-17(19)24(29)26-16-9-10-21-18(15-16)23(28-11-13-30-14-12-28)27-20-7-3-4-8-22(20)31-21/h1-10,15H,11-14H2,(H,26,29). The quantitative estimate of drug-likeness (QED) is 0.662. The number of para-hydroxylation sites is 2. The van der Waals surface area contributed by atoms with Crippen molar-refractivity contribution in [2.45, 2.75) is 0 Å². The molecule has 2 heterocycles. The summed E-state index contributed by atoms with van der Waals surface area (Å²) in [4.78, 5) is 19.6. The number of hydrogen-bond acceptors (Lipinski definition) is 5. The van der Waals surface area contributed by atoms with Crippen molar-refractivity contribution >= 4 is 23.1 Å². The molecular weight excluding hydrogens is 397 g/mol. The first-order valence-electron chi connectivity index (χ1n) is 10.1. The molecule has 7 heteroatoms. The Hall–Kier alpha value is -3.71. The van der Waals surface area contributed by atoms with Gasteiger partial charge in [-0.15, -0.1) is 0 Å². The summed E-state index contributed by atoms with van der Waals surface area (Å²) in [5.74, 6) is 0.976. The van der Waals surface area contributed by atoms with E-state index in [1.165, 1.54) is 12.1 Å². The molecule has 3 aromatic carbocycles. The summed E-state index contributed by atoms with van der Waals surface area (Å²) in [5, 5.41) is 2.78. The van der Waals surface area contributed by atoms with Crippen molar-refractivity contribution in [1.29, 1.82) is 0 Å². The Labute approximate surface area is 178 Å². The number of ether oxygens (including phenoxy) is 2. The Morgan fingerprint density at radius 2 is 1.74 bits per heavy atom. The topological polar surface area (TPSA) is 63.2 Å². The summed E-state index contributed by atoms with van der Waals surface area (Å²) in [6.45, 7) is 2.62. The van der Waals surface area contributed by atoms with E-state index in [4.69, 9.17) is 14.5 Å². The molecule has 1 N–H and O–H groups in total. The second-order valence-electron chi connectivity index (χ2n) is 7.25. The number of aliphatic imine (C=N–C) groups is 1. The molecule has 2 aliphatic rings. The van der Waals surface area contributed by atoms with E-state index in [1.54, 1.807) is 24.3 Å². The Morgan fingerprint density at radius 3 is 2.58 bits per heavy atom. The lowest BCUT2D eigenvalue weighted by atomic mass is 10.1. The van der Waals surface area contributed by atoms with Crippen LogP contribution in [0.3, 0.4) is 0 Å². The molecule has 156 valence electrons. The van der Waals surface area contributed by atoms with Gasteiger partial charge in [-0.3, -0.25) is 4.79 Å². The minimum atomic E-state index is -0.566. The number of amides is 1. The van der Waals surface area contributed by atoms with Crippen LogP contribution in [0.1, 0.15) is 15.9 Å². The van der Waals surface area contributed by atoms with Gasteiger partial charge in [-0.25, -0.2) is 9.38 Å². The van der Waals surface area contributed by atoms with E-state index in [9.17, 15) is 9.18 Å². The average Bonchev–Trinajstić information content (AvgIpc) is 2.96. The Morgan fingerprint density at radius 1 is 0.968 bits per heavy atom. The van der Waals surface area contributed by atoms with Crippen LogP contribution in [0.2, 0.25) is 0 Å². The van der Waals surface area contributed by atoms with E-state index in [0.29, 0.717) is 43.5 Å². The van der Waals surface area contributed by atoms with Crippen LogP contribution in [-0.4, -0.2) is 42.9 Å². The van der Waals surface area contributed by atoms with Crippen molar-refractivity contribution < 1.29 is 18.7 Å². The number of morpholine rings is 1. The molecule has 0 aromatic heterocycles. The van der Waals surface area contributed by atoms with Crippen LogP contribution in [-0.2, 0) is 4.74 Å². The van der Waals surface area contributed by atoms with Crippen molar-refractivity contribution in [2.24, 2.45) is 4.99 Å². The van der Waals surface area contributed by atoms with Gasteiger partial charge in [0.15, 0.2) is 5.75 Å². The molecule has 31 heavy (non-hydrogen) atoms. The normalized spacial score (nSPS) is 15.1. The molecule has 3 aromatic rings. The summed E-state index contributed by atoms with van der Waals surface area (Å²) < 4.78 is 25.6. The Bertz CT molecular complexity index is 1170. The number of benzene rings is 3. The first-order chi connectivity index (χ1) is 15.2. The minimum absolute atomic E-state index is 0.0110. The van der Waals surface area contributed by atoms with Gasteiger partial charge < -0.3 is 19.7 Å². The third-order valence-electron chi connectivity index (χ3n) is 5.22. The zero-order valence-electron chi connectivity index (χ0n) is 16.7. The van der Waals surface area contributed by atoms with E-state index in [2.05, 4.69) is 10.2 Å². The number of hydrogen-bond donors (Lipinski definition) is 1. The summed E-state index contributed by atoms with van der Waals surface area (Å²) in [6, 6.07) is 18.8. The van der Waals surface area contributed by atoms with Gasteiger partial charge in [-0.05, 0) is 42.5 Å². The Kier molecular flexibility index (Phi) is 5.09. The van der Waals surface area contributed by atoms with Crippen molar-refractivity contribution in [1.82, 2.24) is 4.90 Å². The van der Waals surface area contributed by atoms with Crippen LogP contribution in [0.25, 0.3) is 0 Å². The molecule has 0 unspecified atom stereocenters. The lowest BCUT2D eigenvalue weighted by molar-refractivity contribution is 0.0683. The molecule has 1 amide bonds. The number of carbonyl (C=O) groups excluding carboxylic acids is 1. The molecule has 0 radical (unpaired) electrons. The second-order valence-corrected chi connectivity index (χ2v) is 7.25. The van der Waals surface area contributed by atoms with Gasteiger partial charge in [0, 0.05) is 18.8 Å². The Balaban J connectivity index is 1.53. The molecule has 1 saturated heterocycles. The molecule has 1 fully saturated rings. The summed E-state index contributed by atoms with van der Waals surface area (Å²) >= 11 is 0. The van der Waals surface area contributed by atoms with Gasteiger partial charge >= 0.3 is 0 Å². The zero-order valence-corrected chi connectivity index (χ0v) is 16.7. The molecule has 0 aliphatic carbocycles. The number of nitrogens with zero attached hydrogens (tertiary/aromatic N) is 2. The summed E-state index contributed by atoms with van der Waals surface area (Å²) in [7, 11) is 0. The predicted octanol–water partition coefficient (Wildman–Crippen LogP) is 4.59. The van der Waals surface area contributed by atoms with Crippen molar-refractivity contribution in [3.8, 4) is 11.5 Å². The van der Waals surface area contributed by atoms with Gasteiger partial charge in [0.25, 0.3) is 5.91 Å². The number of fused-ring (bicyclic) bond motifs is 2. The third-order valence-corrected chi connectivity index (χ3v) is 5.22. The zero-order chi connectivity index (χ0) is 21.2. The van der Waals surface area contributed by atoms with Gasteiger partial charge in [-0.1, -0.05) is 24.3 Å². The highest BCUT2D eigenvalue weighted by Gasteiger charge is 2.25. The van der Waals surface area contributed by atoms with Gasteiger partial charge in [0.2, 0.25) is 0 Å². The molecule has 0 bridgehead atoms. The molecule has 6 nitrogen and oxygen atoms in total. The first-order valence-corrected chi connectivity index (χ1v) is 10.1. The lowest BCUT2D eigenvalue weighted by Crippen LogP contribution is -2.41. The predicted molar refractivity (Wildman–Crippen MR) is 116 cm³/mol. The van der Waals surface area contributed by atoms with Crippen LogP contribution < -0.4 is 10.1 Å². The van der Waals surface area contributed by atoms with Gasteiger partial charge in [-0.2, -0.15) is 0 Å². The second kappa shape index (κ2) is 8.20. The van der Waals surface area contributed by atoms with E-state index in [-0.39, 0.29) is 5.56 Å². The number of rotatable bonds is 2. The maximum absolute atomic E-state index is 14.0. The van der Waals surface area contributed by atoms with Crippen molar-refractivity contribution in [3.05, 3.63) is 83.7 Å². The average molecular weight is 417 g/mol. The SMILES string of the molecule is O=C(Nc1ccc2c(c1)C(N1CCOCC1)=Nc1ccccc1O2)c1ccccc1F. The number of halogens is 1. The van der Waals surface area contributed by atoms with Gasteiger partial charge in [0.1, 0.15) is 23.1 Å². The third kappa shape index (κ3) is 3.87. The van der Waals surface area contributed by atoms with E-state index in [1.807, 2.05) is 30.3 Å². The minimum Gasteiger partial charge on any atom is -0.454 e. The lowest BCUT2D eigenvalue weighted by Gasteiger charge is -2.30. The van der Waals surface area contributed by atoms with Gasteiger partial charge in [0.05, 0.1) is 24.3 Å². The smallest absolute Gasteiger partial charge is 0.258 e. The van der Waals surface area contributed by atoms with E-state index < -0.39 is 11.7 Å². The number of anilines is 1. The fourth-order valence-electron chi connectivity index (χ4n) is 3.66.